The molecule has 0 bridgehead atoms. The number of nitrogens with zero attached hydrogens (tertiary/aromatic N) is 6. The summed E-state index contributed by atoms with van der Waals surface area (Å²) in [6, 6.07) is 18.8. The molecule has 1 aliphatic carbocycles. The van der Waals surface area contributed by atoms with Crippen LogP contribution < -0.4 is 15.4 Å². The van der Waals surface area contributed by atoms with Crippen molar-refractivity contribution in [3.05, 3.63) is 103 Å². The summed E-state index contributed by atoms with van der Waals surface area (Å²) in [6.07, 6.45) is 10.0. The van der Waals surface area contributed by atoms with Crippen LogP contribution in [0.1, 0.15) is 77.1 Å². The highest BCUT2D eigenvalue weighted by molar-refractivity contribution is 5.91. The number of imidazole rings is 2. The van der Waals surface area contributed by atoms with E-state index in [1.165, 1.54) is 20.4 Å². The lowest BCUT2D eigenvalue weighted by Gasteiger charge is -2.30. The van der Waals surface area contributed by atoms with Crippen LogP contribution in [0.2, 0.25) is 0 Å². The monoisotopic (exact) mass is 908 g/mol. The molecule has 67 heavy (non-hydrogen) atoms. The van der Waals surface area contributed by atoms with Gasteiger partial charge in [-0.2, -0.15) is 0 Å². The van der Waals surface area contributed by atoms with Gasteiger partial charge < -0.3 is 44.6 Å². The number of aromatic amines is 2. The summed E-state index contributed by atoms with van der Waals surface area (Å²) in [7, 11) is 2.57. The van der Waals surface area contributed by atoms with Crippen molar-refractivity contribution >= 4 is 34.8 Å². The Balaban J connectivity index is 0.898. The largest absolute Gasteiger partial charge is 0.471 e. The second kappa shape index (κ2) is 18.5. The first-order valence-corrected chi connectivity index (χ1v) is 22.8. The molecule has 5 heterocycles. The van der Waals surface area contributed by atoms with Crippen molar-refractivity contribution in [3.63, 3.8) is 0 Å². The van der Waals surface area contributed by atoms with Crippen LogP contribution >= 0.6 is 0 Å². The molecule has 0 radical (unpaired) electrons. The maximum absolute atomic E-state index is 14.1. The molecule has 4 amide bonds. The Morgan fingerprint density at radius 3 is 1.81 bits per heavy atom. The van der Waals surface area contributed by atoms with Crippen molar-refractivity contribution in [2.75, 3.05) is 27.3 Å². The lowest BCUT2D eigenvalue weighted by Crippen LogP contribution is -2.51. The van der Waals surface area contributed by atoms with Crippen LogP contribution in [0, 0.1) is 17.3 Å². The van der Waals surface area contributed by atoms with Crippen LogP contribution in [0.25, 0.3) is 44.4 Å². The molecule has 3 fully saturated rings. The van der Waals surface area contributed by atoms with Gasteiger partial charge in [-0.1, -0.05) is 76.2 Å². The molecular formula is C50H56N10O7. The summed E-state index contributed by atoms with van der Waals surface area (Å²) >= 11 is 0. The van der Waals surface area contributed by atoms with E-state index in [2.05, 4.69) is 79.1 Å². The Morgan fingerprint density at radius 1 is 0.672 bits per heavy atom. The number of H-pyrrole nitrogens is 2. The van der Waals surface area contributed by atoms with Crippen molar-refractivity contribution in [1.82, 2.24) is 50.3 Å². The first-order chi connectivity index (χ1) is 32.3. The maximum Gasteiger partial charge on any atom is 0.407 e. The number of hydrogen-bond acceptors (Lipinski definition) is 11. The SMILES string of the molecule is COC(=O)N[C@H](C(=O)N1CC(Oc2cnccn2)C[C@H]1c1ncc(-c2ccc(-c3ccc4cc(-c5cnc([C@@H]6CC7(CC7)CN6C(=O)[C@@H](NC(=O)OC)C(C)C)[nH]5)ccc4c3)cc2)[nH]1)C(C)C. The molecule has 1 spiro atoms. The summed E-state index contributed by atoms with van der Waals surface area (Å²) < 4.78 is 15.8. The van der Waals surface area contributed by atoms with E-state index in [1.54, 1.807) is 23.5 Å². The number of methoxy groups -OCH3 is 2. The van der Waals surface area contributed by atoms with Gasteiger partial charge in [0.1, 0.15) is 29.8 Å². The van der Waals surface area contributed by atoms with Gasteiger partial charge >= 0.3 is 12.2 Å². The summed E-state index contributed by atoms with van der Waals surface area (Å²) in [4.78, 5) is 81.0. The minimum absolute atomic E-state index is 0.107. The summed E-state index contributed by atoms with van der Waals surface area (Å²) in [5.74, 6) is 1.00. The number of benzene rings is 3. The van der Waals surface area contributed by atoms with Crippen molar-refractivity contribution in [1.29, 1.82) is 0 Å². The number of carbonyl (C=O) groups excluding carboxylic acids is 4. The lowest BCUT2D eigenvalue weighted by atomic mass is 9.98. The third-order valence-electron chi connectivity index (χ3n) is 13.4. The smallest absolute Gasteiger partial charge is 0.407 e. The second-order valence-electron chi connectivity index (χ2n) is 18.6. The van der Waals surface area contributed by atoms with Gasteiger partial charge in [-0.05, 0) is 76.1 Å². The zero-order valence-electron chi connectivity index (χ0n) is 38.5. The van der Waals surface area contributed by atoms with Crippen molar-refractivity contribution < 1.29 is 33.4 Å². The summed E-state index contributed by atoms with van der Waals surface area (Å²) in [5.41, 5.74) is 5.80. The Morgan fingerprint density at radius 2 is 1.22 bits per heavy atom. The predicted molar refractivity (Wildman–Crippen MR) is 249 cm³/mol. The molecule has 1 saturated carbocycles. The van der Waals surface area contributed by atoms with Gasteiger partial charge in [-0.3, -0.25) is 14.6 Å². The number of nitrogens with one attached hydrogen (secondary N) is 4. The average Bonchev–Trinajstić information content (AvgIpc) is 3.83. The number of rotatable bonds is 13. The van der Waals surface area contributed by atoms with Crippen LogP contribution in [-0.4, -0.2) is 109 Å². The minimum atomic E-state index is -0.819. The van der Waals surface area contributed by atoms with Crippen LogP contribution in [0.5, 0.6) is 5.88 Å². The van der Waals surface area contributed by atoms with Crippen LogP contribution in [0.4, 0.5) is 9.59 Å². The molecule has 3 aliphatic rings. The molecule has 17 heteroatoms. The zero-order chi connectivity index (χ0) is 47.0. The first kappa shape index (κ1) is 44.9. The topological polar surface area (TPSA) is 210 Å². The maximum atomic E-state index is 14.1. The van der Waals surface area contributed by atoms with Crippen LogP contribution in [0.3, 0.4) is 0 Å². The highest BCUT2D eigenvalue weighted by Crippen LogP contribution is 2.58. The van der Waals surface area contributed by atoms with Gasteiger partial charge in [-0.25, -0.2) is 24.5 Å². The molecule has 6 aromatic rings. The van der Waals surface area contributed by atoms with Crippen LogP contribution in [0.15, 0.2) is 91.6 Å². The standard InChI is InChI=1S/C50H56N10O7/c1-28(2)42(57-48(63)65-5)46(61)59-26-36(67-41-25-51-17-18-52-41)21-39(59)44-53-23-37(55-44)31-9-7-30(8-10-31)32-11-12-34-20-35(14-13-33(34)19-32)38-24-54-45(56-38)40-22-50(15-16-50)27-60(40)47(62)43(29(3)4)58-49(64)66-6/h7-14,17-20,23-25,28-29,36,39-40,42-43H,15-16,21-22,26-27H2,1-6H3,(H,53,55)(H,54,56)(H,57,63)(H,58,64)/t36?,39-,40-,42-,43-/m0/s1. The third-order valence-corrected chi connectivity index (χ3v) is 13.4. The number of aromatic nitrogens is 6. The number of ether oxygens (including phenoxy) is 3. The number of amides is 4. The second-order valence-corrected chi connectivity index (χ2v) is 18.6. The first-order valence-electron chi connectivity index (χ1n) is 22.8. The van der Waals surface area contributed by atoms with E-state index < -0.39 is 30.3 Å². The van der Waals surface area contributed by atoms with Gasteiger partial charge in [-0.15, -0.1) is 0 Å². The van der Waals surface area contributed by atoms with Gasteiger partial charge in [0.15, 0.2) is 0 Å². The van der Waals surface area contributed by atoms with Gasteiger partial charge in [0.05, 0.1) is 62.8 Å². The number of hydrogen-bond donors (Lipinski definition) is 4. The van der Waals surface area contributed by atoms with E-state index in [-0.39, 0.29) is 47.8 Å². The van der Waals surface area contributed by atoms with Crippen molar-refractivity contribution in [2.45, 2.75) is 83.6 Å². The molecule has 2 aliphatic heterocycles. The molecule has 2 saturated heterocycles. The van der Waals surface area contributed by atoms with Gasteiger partial charge in [0.25, 0.3) is 0 Å². The van der Waals surface area contributed by atoms with Gasteiger partial charge in [0.2, 0.25) is 17.7 Å². The van der Waals surface area contributed by atoms with E-state index in [9.17, 15) is 19.2 Å². The Bertz CT molecular complexity index is 2770. The molecule has 348 valence electrons. The Labute approximate surface area is 388 Å². The predicted octanol–water partition coefficient (Wildman–Crippen LogP) is 7.61. The van der Waals surface area contributed by atoms with Gasteiger partial charge in [0, 0.05) is 30.9 Å². The molecule has 3 aromatic carbocycles. The fourth-order valence-electron chi connectivity index (χ4n) is 9.47. The number of fused-ring (bicyclic) bond motifs is 1. The Hall–Kier alpha value is -7.30. The molecule has 17 nitrogen and oxygen atoms in total. The third kappa shape index (κ3) is 9.40. The van der Waals surface area contributed by atoms with E-state index in [1.807, 2.05) is 50.9 Å². The molecule has 5 atom stereocenters. The molecule has 1 unspecified atom stereocenters. The molecule has 4 N–H and O–H groups in total. The van der Waals surface area contributed by atoms with Crippen molar-refractivity contribution in [3.8, 4) is 39.5 Å². The average molecular weight is 909 g/mol. The van der Waals surface area contributed by atoms with E-state index in [0.29, 0.717) is 24.7 Å². The van der Waals surface area contributed by atoms with E-state index >= 15 is 0 Å². The minimum Gasteiger partial charge on any atom is -0.471 e. The van der Waals surface area contributed by atoms with E-state index in [0.717, 1.165) is 69.5 Å². The molecule has 3 aromatic heterocycles. The fourth-order valence-corrected chi connectivity index (χ4v) is 9.47. The van der Waals surface area contributed by atoms with Crippen LogP contribution in [-0.2, 0) is 19.1 Å². The quantitative estimate of drug-likeness (QED) is 0.0886. The van der Waals surface area contributed by atoms with E-state index in [4.69, 9.17) is 24.2 Å². The van der Waals surface area contributed by atoms with Crippen molar-refractivity contribution in [2.24, 2.45) is 17.3 Å². The molecular weight excluding hydrogens is 853 g/mol. The highest BCUT2D eigenvalue weighted by atomic mass is 16.5. The summed E-state index contributed by atoms with van der Waals surface area (Å²) in [6.45, 7) is 8.49. The molecule has 9 rings (SSSR count). The highest BCUT2D eigenvalue weighted by Gasteiger charge is 2.55. The lowest BCUT2D eigenvalue weighted by molar-refractivity contribution is -0.136. The fraction of sp³-hybridized carbons (Fsp3) is 0.400. The number of carbonyl (C=O) groups is 4. The number of likely N-dealkylation sites (tertiary alicyclic amines) is 2. The normalized spacial score (nSPS) is 19.4. The Kier molecular flexibility index (Phi) is 12.4. The summed E-state index contributed by atoms with van der Waals surface area (Å²) in [5, 5.41) is 7.62. The number of alkyl carbamates (subject to hydrolysis) is 2. The zero-order valence-corrected chi connectivity index (χ0v) is 38.5.